The molecule has 5 nitrogen and oxygen atoms in total. The van der Waals surface area contributed by atoms with E-state index in [4.69, 9.17) is 10.9 Å². The molecule has 0 bridgehead atoms. The van der Waals surface area contributed by atoms with Crippen molar-refractivity contribution in [3.05, 3.63) is 35.1 Å². The Morgan fingerprint density at radius 2 is 2.30 bits per heavy atom. The first-order valence-electron chi connectivity index (χ1n) is 6.68. The van der Waals surface area contributed by atoms with Crippen molar-refractivity contribution >= 4 is 5.84 Å². The first-order chi connectivity index (χ1) is 9.51. The first-order valence-corrected chi connectivity index (χ1v) is 6.68. The molecule has 2 atom stereocenters. The number of hydrogen-bond acceptors (Lipinski definition) is 4. The number of aliphatic hydroxyl groups excluding tert-OH is 1. The standard InChI is InChI=1S/C14H20FN3O2/c1-9-7-18(5-4-13(9)19)8-10-2-3-11(15)6-12(10)14(16)17-20/h2-3,6,9,13,19-20H,4-5,7-8H2,1H3,(H2,16,17). The van der Waals surface area contributed by atoms with Gasteiger partial charge in [-0.3, -0.25) is 4.90 Å². The Kier molecular flexibility index (Phi) is 4.57. The van der Waals surface area contributed by atoms with E-state index in [0.717, 1.165) is 25.1 Å². The van der Waals surface area contributed by atoms with Gasteiger partial charge in [-0.1, -0.05) is 18.1 Å². The molecule has 2 rings (SSSR count). The molecule has 6 heteroatoms. The maximum absolute atomic E-state index is 13.3. The van der Waals surface area contributed by atoms with Gasteiger partial charge in [-0.25, -0.2) is 4.39 Å². The second-order valence-corrected chi connectivity index (χ2v) is 5.36. The maximum atomic E-state index is 13.3. The molecule has 0 saturated carbocycles. The van der Waals surface area contributed by atoms with Gasteiger partial charge in [0.25, 0.3) is 0 Å². The summed E-state index contributed by atoms with van der Waals surface area (Å²) in [7, 11) is 0. The normalized spacial score (nSPS) is 24.9. The molecule has 0 amide bonds. The van der Waals surface area contributed by atoms with Crippen LogP contribution in [0.1, 0.15) is 24.5 Å². The van der Waals surface area contributed by atoms with Gasteiger partial charge in [0.05, 0.1) is 6.10 Å². The van der Waals surface area contributed by atoms with Crippen LogP contribution in [0.15, 0.2) is 23.4 Å². The minimum Gasteiger partial charge on any atom is -0.409 e. The number of likely N-dealkylation sites (tertiary alicyclic amines) is 1. The monoisotopic (exact) mass is 281 g/mol. The van der Waals surface area contributed by atoms with Gasteiger partial charge in [0.1, 0.15) is 5.82 Å². The van der Waals surface area contributed by atoms with Crippen molar-refractivity contribution in [2.45, 2.75) is 26.0 Å². The van der Waals surface area contributed by atoms with Gasteiger partial charge in [0.15, 0.2) is 5.84 Å². The van der Waals surface area contributed by atoms with Gasteiger partial charge in [0.2, 0.25) is 0 Å². The van der Waals surface area contributed by atoms with E-state index in [9.17, 15) is 9.50 Å². The van der Waals surface area contributed by atoms with Gasteiger partial charge < -0.3 is 16.0 Å². The van der Waals surface area contributed by atoms with E-state index in [1.54, 1.807) is 6.07 Å². The number of benzene rings is 1. The minimum absolute atomic E-state index is 0.0930. The summed E-state index contributed by atoms with van der Waals surface area (Å²) in [4.78, 5) is 2.18. The molecule has 2 unspecified atom stereocenters. The summed E-state index contributed by atoms with van der Waals surface area (Å²) >= 11 is 0. The third-order valence-electron chi connectivity index (χ3n) is 3.79. The van der Waals surface area contributed by atoms with E-state index in [0.29, 0.717) is 12.1 Å². The molecule has 0 radical (unpaired) electrons. The van der Waals surface area contributed by atoms with Crippen LogP contribution in [0.3, 0.4) is 0 Å². The summed E-state index contributed by atoms with van der Waals surface area (Å²) in [5.41, 5.74) is 6.81. The molecule has 0 spiro atoms. The highest BCUT2D eigenvalue weighted by molar-refractivity contribution is 5.98. The zero-order valence-electron chi connectivity index (χ0n) is 11.5. The second kappa shape index (κ2) is 6.19. The van der Waals surface area contributed by atoms with Gasteiger partial charge >= 0.3 is 0 Å². The number of oxime groups is 1. The third kappa shape index (κ3) is 3.26. The molecule has 1 aromatic carbocycles. The molecule has 1 aliphatic heterocycles. The van der Waals surface area contributed by atoms with Crippen LogP contribution in [-0.4, -0.2) is 40.2 Å². The van der Waals surface area contributed by atoms with Crippen LogP contribution < -0.4 is 5.73 Å². The van der Waals surface area contributed by atoms with Crippen LogP contribution in [0, 0.1) is 11.7 Å². The van der Waals surface area contributed by atoms with Crippen molar-refractivity contribution < 1.29 is 14.7 Å². The molecular formula is C14H20FN3O2. The molecule has 1 heterocycles. The Bertz CT molecular complexity index is 507. The highest BCUT2D eigenvalue weighted by Gasteiger charge is 2.24. The Hall–Kier alpha value is -1.66. The molecular weight excluding hydrogens is 261 g/mol. The molecule has 1 aliphatic rings. The van der Waals surface area contributed by atoms with E-state index < -0.39 is 5.82 Å². The third-order valence-corrected chi connectivity index (χ3v) is 3.79. The van der Waals surface area contributed by atoms with Gasteiger partial charge in [-0.2, -0.15) is 0 Å². The largest absolute Gasteiger partial charge is 0.409 e. The van der Waals surface area contributed by atoms with Crippen LogP contribution in [0.4, 0.5) is 4.39 Å². The molecule has 1 aromatic rings. The molecule has 0 aliphatic carbocycles. The van der Waals surface area contributed by atoms with E-state index in [2.05, 4.69) is 10.1 Å². The quantitative estimate of drug-likeness (QED) is 0.336. The van der Waals surface area contributed by atoms with Crippen molar-refractivity contribution in [1.82, 2.24) is 4.90 Å². The average molecular weight is 281 g/mol. The van der Waals surface area contributed by atoms with Crippen LogP contribution in [0.5, 0.6) is 0 Å². The fraction of sp³-hybridized carbons (Fsp3) is 0.500. The lowest BCUT2D eigenvalue weighted by atomic mass is 9.96. The Morgan fingerprint density at radius 3 is 2.95 bits per heavy atom. The summed E-state index contributed by atoms with van der Waals surface area (Å²) in [5.74, 6) is -0.307. The van der Waals surface area contributed by atoms with Crippen molar-refractivity contribution in [2.24, 2.45) is 16.8 Å². The summed E-state index contributed by atoms with van der Waals surface area (Å²) in [6.07, 6.45) is 0.462. The van der Waals surface area contributed by atoms with Gasteiger partial charge in [0, 0.05) is 25.2 Å². The van der Waals surface area contributed by atoms with Crippen LogP contribution in [-0.2, 0) is 6.54 Å². The van der Waals surface area contributed by atoms with Crippen molar-refractivity contribution in [3.63, 3.8) is 0 Å². The van der Waals surface area contributed by atoms with E-state index >= 15 is 0 Å². The highest BCUT2D eigenvalue weighted by atomic mass is 19.1. The van der Waals surface area contributed by atoms with Crippen LogP contribution in [0.25, 0.3) is 0 Å². The number of rotatable bonds is 3. The van der Waals surface area contributed by atoms with E-state index in [-0.39, 0.29) is 17.9 Å². The summed E-state index contributed by atoms with van der Waals surface area (Å²) < 4.78 is 13.3. The number of nitrogens with two attached hydrogens (primary N) is 1. The number of amidine groups is 1. The average Bonchev–Trinajstić information content (AvgIpc) is 2.44. The van der Waals surface area contributed by atoms with Gasteiger partial charge in [-0.15, -0.1) is 0 Å². The van der Waals surface area contributed by atoms with Crippen molar-refractivity contribution in [3.8, 4) is 0 Å². The maximum Gasteiger partial charge on any atom is 0.170 e. The second-order valence-electron chi connectivity index (χ2n) is 5.36. The summed E-state index contributed by atoms with van der Waals surface area (Å²) in [6, 6.07) is 4.29. The topological polar surface area (TPSA) is 82.1 Å². The molecule has 4 N–H and O–H groups in total. The molecule has 1 saturated heterocycles. The Morgan fingerprint density at radius 1 is 1.55 bits per heavy atom. The summed E-state index contributed by atoms with van der Waals surface area (Å²) in [5, 5.41) is 21.5. The van der Waals surface area contributed by atoms with Gasteiger partial charge in [-0.05, 0) is 30.0 Å². The van der Waals surface area contributed by atoms with Crippen molar-refractivity contribution in [1.29, 1.82) is 0 Å². The molecule has 110 valence electrons. The number of hydrogen-bond donors (Lipinski definition) is 3. The smallest absolute Gasteiger partial charge is 0.170 e. The Labute approximate surface area is 117 Å². The summed E-state index contributed by atoms with van der Waals surface area (Å²) in [6.45, 7) is 4.14. The van der Waals surface area contributed by atoms with Crippen molar-refractivity contribution in [2.75, 3.05) is 13.1 Å². The highest BCUT2D eigenvalue weighted by Crippen LogP contribution is 2.20. The predicted octanol–water partition coefficient (Wildman–Crippen LogP) is 1.12. The van der Waals surface area contributed by atoms with E-state index in [1.165, 1.54) is 12.1 Å². The SMILES string of the molecule is CC1CN(Cc2ccc(F)cc2/C(N)=N/O)CCC1O. The van der Waals surface area contributed by atoms with E-state index in [1.807, 2.05) is 6.92 Å². The molecule has 0 aromatic heterocycles. The zero-order chi connectivity index (χ0) is 14.7. The Balaban J connectivity index is 2.17. The lowest BCUT2D eigenvalue weighted by Crippen LogP contribution is -2.41. The number of aliphatic hydroxyl groups is 1. The number of piperidine rings is 1. The fourth-order valence-corrected chi connectivity index (χ4v) is 2.58. The van der Waals surface area contributed by atoms with Crippen LogP contribution in [0.2, 0.25) is 0 Å². The number of halogens is 1. The first kappa shape index (κ1) is 14.7. The molecule has 20 heavy (non-hydrogen) atoms. The number of nitrogens with zero attached hydrogens (tertiary/aromatic N) is 2. The molecule has 1 fully saturated rings. The van der Waals surface area contributed by atoms with Crippen LogP contribution >= 0.6 is 0 Å². The lowest BCUT2D eigenvalue weighted by Gasteiger charge is -2.34. The fourth-order valence-electron chi connectivity index (χ4n) is 2.58. The zero-order valence-corrected chi connectivity index (χ0v) is 11.5. The predicted molar refractivity (Wildman–Crippen MR) is 74.0 cm³/mol. The lowest BCUT2D eigenvalue weighted by molar-refractivity contribution is 0.0320. The minimum atomic E-state index is -0.419.